The number of rotatable bonds is 11. The van der Waals surface area contributed by atoms with Gasteiger partial charge in [-0.3, -0.25) is 13.9 Å². The Morgan fingerprint density at radius 3 is 2.18 bits per heavy atom. The molecule has 2 aromatic rings. The Bertz CT molecular complexity index is 1090. The molecule has 0 radical (unpaired) electrons. The minimum Gasteiger partial charge on any atom is -0.352 e. The Morgan fingerprint density at radius 2 is 1.65 bits per heavy atom. The van der Waals surface area contributed by atoms with Gasteiger partial charge < -0.3 is 10.2 Å². The Morgan fingerprint density at radius 1 is 1.03 bits per heavy atom. The Hall–Kier alpha value is -2.14. The molecule has 2 amide bonds. The van der Waals surface area contributed by atoms with E-state index >= 15 is 0 Å². The number of aryl methyl sites for hydroxylation is 1. The molecule has 0 bridgehead atoms. The molecular weight excluding hydrogens is 565 g/mol. The lowest BCUT2D eigenvalue weighted by Crippen LogP contribution is -2.53. The van der Waals surface area contributed by atoms with Gasteiger partial charge in [0.2, 0.25) is 21.8 Å². The summed E-state index contributed by atoms with van der Waals surface area (Å²) in [6.45, 7) is 7.52. The number of hydrogen-bond acceptors (Lipinski definition) is 4. The number of amides is 2. The standard InChI is InChI=1S/C25H34IN3O4S/c1-6-19(4)27-25(31)23(7-2)28(16-20-11-9-8-10-18(20)3)24(30)17-29(34(5,32)33)22-14-12-21(26)13-15-22/h8-15,19,23H,6-7,16-17H2,1-5H3,(H,27,31)/t19-,23-/m0/s1. The van der Waals surface area contributed by atoms with Gasteiger partial charge in [0.25, 0.3) is 0 Å². The van der Waals surface area contributed by atoms with E-state index < -0.39 is 28.5 Å². The molecule has 0 unspecified atom stereocenters. The van der Waals surface area contributed by atoms with Gasteiger partial charge in [-0.05, 0) is 84.7 Å². The van der Waals surface area contributed by atoms with Crippen molar-refractivity contribution in [1.29, 1.82) is 0 Å². The SMILES string of the molecule is CC[C@H](C)NC(=O)[C@H](CC)N(Cc1ccccc1C)C(=O)CN(c1ccc(I)cc1)S(C)(=O)=O. The minimum atomic E-state index is -3.73. The van der Waals surface area contributed by atoms with Crippen LogP contribution in [0.15, 0.2) is 48.5 Å². The number of hydrogen-bond donors (Lipinski definition) is 1. The van der Waals surface area contributed by atoms with E-state index in [1.807, 2.05) is 52.0 Å². The second kappa shape index (κ2) is 12.5. The van der Waals surface area contributed by atoms with Crippen molar-refractivity contribution in [2.75, 3.05) is 17.1 Å². The van der Waals surface area contributed by atoms with E-state index in [0.29, 0.717) is 12.1 Å². The normalized spacial score (nSPS) is 13.1. The van der Waals surface area contributed by atoms with Crippen LogP contribution in [0.25, 0.3) is 0 Å². The summed E-state index contributed by atoms with van der Waals surface area (Å²) >= 11 is 2.14. The highest BCUT2D eigenvalue weighted by molar-refractivity contribution is 14.1. The van der Waals surface area contributed by atoms with E-state index in [1.165, 1.54) is 4.90 Å². The summed E-state index contributed by atoms with van der Waals surface area (Å²) in [6.07, 6.45) is 2.25. The average Bonchev–Trinajstić information content (AvgIpc) is 2.78. The van der Waals surface area contributed by atoms with Gasteiger partial charge in [-0.1, -0.05) is 38.1 Å². The van der Waals surface area contributed by atoms with Gasteiger partial charge in [0.05, 0.1) is 11.9 Å². The third kappa shape index (κ3) is 7.69. The third-order valence-corrected chi connectivity index (χ3v) is 7.64. The molecular formula is C25H34IN3O4S. The summed E-state index contributed by atoms with van der Waals surface area (Å²) in [7, 11) is -3.73. The zero-order chi connectivity index (χ0) is 25.5. The number of sulfonamides is 1. The maximum Gasteiger partial charge on any atom is 0.244 e. The largest absolute Gasteiger partial charge is 0.352 e. The molecule has 0 aliphatic rings. The Labute approximate surface area is 217 Å². The van der Waals surface area contributed by atoms with Crippen molar-refractivity contribution in [2.45, 2.75) is 59.2 Å². The van der Waals surface area contributed by atoms with Crippen LogP contribution in [-0.4, -0.2) is 50.0 Å². The molecule has 0 saturated carbocycles. The van der Waals surface area contributed by atoms with Crippen LogP contribution in [0.3, 0.4) is 0 Å². The van der Waals surface area contributed by atoms with E-state index in [2.05, 4.69) is 27.9 Å². The van der Waals surface area contributed by atoms with Crippen LogP contribution in [0, 0.1) is 10.5 Å². The van der Waals surface area contributed by atoms with E-state index in [0.717, 1.165) is 31.7 Å². The second-order valence-electron chi connectivity index (χ2n) is 8.44. The van der Waals surface area contributed by atoms with Gasteiger partial charge in [-0.15, -0.1) is 0 Å². The molecule has 0 aliphatic carbocycles. The summed E-state index contributed by atoms with van der Waals surface area (Å²) in [6, 6.07) is 13.9. The topological polar surface area (TPSA) is 86.8 Å². The van der Waals surface area contributed by atoms with Crippen LogP contribution in [0.2, 0.25) is 0 Å². The number of carbonyl (C=O) groups is 2. The zero-order valence-electron chi connectivity index (χ0n) is 20.4. The highest BCUT2D eigenvalue weighted by Crippen LogP contribution is 2.21. The smallest absolute Gasteiger partial charge is 0.244 e. The van der Waals surface area contributed by atoms with E-state index in [4.69, 9.17) is 0 Å². The number of benzene rings is 2. The predicted octanol–water partition coefficient (Wildman–Crippen LogP) is 4.09. The average molecular weight is 600 g/mol. The molecule has 0 fully saturated rings. The molecule has 0 spiro atoms. The van der Waals surface area contributed by atoms with Gasteiger partial charge in [0.15, 0.2) is 0 Å². The fourth-order valence-electron chi connectivity index (χ4n) is 3.55. The predicted molar refractivity (Wildman–Crippen MR) is 145 cm³/mol. The maximum atomic E-state index is 13.7. The van der Waals surface area contributed by atoms with Gasteiger partial charge >= 0.3 is 0 Å². The van der Waals surface area contributed by atoms with Crippen molar-refractivity contribution >= 4 is 50.1 Å². The van der Waals surface area contributed by atoms with Crippen molar-refractivity contribution in [1.82, 2.24) is 10.2 Å². The van der Waals surface area contributed by atoms with E-state index in [1.54, 1.807) is 24.3 Å². The van der Waals surface area contributed by atoms with Crippen molar-refractivity contribution < 1.29 is 18.0 Å². The first-order chi connectivity index (χ1) is 16.0. The first-order valence-corrected chi connectivity index (χ1v) is 14.3. The lowest BCUT2D eigenvalue weighted by Gasteiger charge is -2.33. The number of carbonyl (C=O) groups excluding carboxylic acids is 2. The molecule has 0 aromatic heterocycles. The molecule has 186 valence electrons. The molecule has 0 aliphatic heterocycles. The highest BCUT2D eigenvalue weighted by Gasteiger charge is 2.32. The molecule has 34 heavy (non-hydrogen) atoms. The molecule has 9 heteroatoms. The Kier molecular flexibility index (Phi) is 10.4. The van der Waals surface area contributed by atoms with Crippen molar-refractivity contribution in [3.05, 3.63) is 63.2 Å². The minimum absolute atomic E-state index is 0.0312. The number of halogens is 1. The molecule has 2 atom stereocenters. The number of anilines is 1. The molecule has 7 nitrogen and oxygen atoms in total. The maximum absolute atomic E-state index is 13.7. The van der Waals surface area contributed by atoms with Crippen LogP contribution >= 0.6 is 22.6 Å². The lowest BCUT2D eigenvalue weighted by molar-refractivity contribution is -0.140. The lowest BCUT2D eigenvalue weighted by atomic mass is 10.1. The number of nitrogens with zero attached hydrogens (tertiary/aromatic N) is 2. The molecule has 2 rings (SSSR count). The summed E-state index contributed by atoms with van der Waals surface area (Å²) in [5.74, 6) is -0.669. The van der Waals surface area contributed by atoms with Crippen LogP contribution in [0.4, 0.5) is 5.69 Å². The fraction of sp³-hybridized carbons (Fsp3) is 0.440. The van der Waals surface area contributed by atoms with E-state index in [-0.39, 0.29) is 18.5 Å². The van der Waals surface area contributed by atoms with Crippen molar-refractivity contribution in [2.24, 2.45) is 0 Å². The van der Waals surface area contributed by atoms with Crippen LogP contribution in [0.1, 0.15) is 44.7 Å². The first kappa shape index (κ1) is 28.1. The van der Waals surface area contributed by atoms with Gasteiger partial charge in [-0.2, -0.15) is 0 Å². The van der Waals surface area contributed by atoms with Gasteiger partial charge in [0, 0.05) is 16.2 Å². The third-order valence-electron chi connectivity index (χ3n) is 5.78. The molecule has 2 aromatic carbocycles. The highest BCUT2D eigenvalue weighted by atomic mass is 127. The number of nitrogens with one attached hydrogen (secondary N) is 1. The summed E-state index contributed by atoms with van der Waals surface area (Å²) in [5.41, 5.74) is 2.31. The summed E-state index contributed by atoms with van der Waals surface area (Å²) in [4.78, 5) is 28.3. The molecule has 1 N–H and O–H groups in total. The monoisotopic (exact) mass is 599 g/mol. The Balaban J connectivity index is 2.44. The summed E-state index contributed by atoms with van der Waals surface area (Å²) < 4.78 is 27.3. The first-order valence-electron chi connectivity index (χ1n) is 11.4. The fourth-order valence-corrected chi connectivity index (χ4v) is 4.76. The van der Waals surface area contributed by atoms with E-state index in [9.17, 15) is 18.0 Å². The second-order valence-corrected chi connectivity index (χ2v) is 11.6. The van der Waals surface area contributed by atoms with Crippen molar-refractivity contribution in [3.8, 4) is 0 Å². The quantitative estimate of drug-likeness (QED) is 0.395. The van der Waals surface area contributed by atoms with Crippen LogP contribution < -0.4 is 9.62 Å². The molecule has 0 heterocycles. The molecule has 0 saturated heterocycles. The van der Waals surface area contributed by atoms with Crippen LogP contribution in [-0.2, 0) is 26.2 Å². The summed E-state index contributed by atoms with van der Waals surface area (Å²) in [5, 5.41) is 2.97. The van der Waals surface area contributed by atoms with Gasteiger partial charge in [-0.25, -0.2) is 8.42 Å². The zero-order valence-corrected chi connectivity index (χ0v) is 23.4. The van der Waals surface area contributed by atoms with Crippen LogP contribution in [0.5, 0.6) is 0 Å². The van der Waals surface area contributed by atoms with Crippen molar-refractivity contribution in [3.63, 3.8) is 0 Å². The van der Waals surface area contributed by atoms with Gasteiger partial charge in [0.1, 0.15) is 12.6 Å².